The Bertz CT molecular complexity index is 3270. The molecule has 0 saturated carbocycles. The molecule has 11 aromatic rings. The van der Waals surface area contributed by atoms with Crippen LogP contribution >= 0.6 is 0 Å². The van der Waals surface area contributed by atoms with Crippen molar-refractivity contribution in [2.24, 2.45) is 0 Å². The van der Waals surface area contributed by atoms with Crippen molar-refractivity contribution in [1.29, 1.82) is 0 Å². The SMILES string of the molecule is c1ccc(-c2ccc3cc(-c4ccc(-c5ccc(C6c7c(c8ccccc8c8ccccc78)Oc7c6c6ccccc6c6ccccc76)cc5)cc4)ccc3c2)cc1. The van der Waals surface area contributed by atoms with E-state index in [1.807, 2.05) is 0 Å². The minimum Gasteiger partial charge on any atom is -0.455 e. The molecule has 270 valence electrons. The molecule has 0 bridgehead atoms. The van der Waals surface area contributed by atoms with Crippen LogP contribution in [0.5, 0.6) is 11.5 Å². The maximum Gasteiger partial charge on any atom is 0.140 e. The molecule has 58 heavy (non-hydrogen) atoms. The summed E-state index contributed by atoms with van der Waals surface area (Å²) >= 11 is 0. The van der Waals surface area contributed by atoms with Gasteiger partial charge in [0.1, 0.15) is 11.5 Å². The van der Waals surface area contributed by atoms with Crippen LogP contribution < -0.4 is 4.74 Å². The number of rotatable bonds is 4. The smallest absolute Gasteiger partial charge is 0.140 e. The summed E-state index contributed by atoms with van der Waals surface area (Å²) in [5.41, 5.74) is 11.0. The maximum absolute atomic E-state index is 7.26. The van der Waals surface area contributed by atoms with Crippen LogP contribution in [0.15, 0.2) is 212 Å². The van der Waals surface area contributed by atoms with Crippen molar-refractivity contribution in [3.8, 4) is 44.9 Å². The lowest BCUT2D eigenvalue weighted by molar-refractivity contribution is 0.467. The fourth-order valence-corrected chi connectivity index (χ4v) is 9.60. The third kappa shape index (κ3) is 5.10. The zero-order valence-electron chi connectivity index (χ0n) is 31.7. The van der Waals surface area contributed by atoms with Gasteiger partial charge < -0.3 is 4.74 Å². The Morgan fingerprint density at radius 3 is 1.05 bits per heavy atom. The Balaban J connectivity index is 0.969. The van der Waals surface area contributed by atoms with Crippen LogP contribution in [-0.2, 0) is 0 Å². The van der Waals surface area contributed by atoms with Crippen molar-refractivity contribution in [3.63, 3.8) is 0 Å². The predicted molar refractivity (Wildman–Crippen MR) is 244 cm³/mol. The molecule has 11 aromatic carbocycles. The molecule has 1 heteroatoms. The van der Waals surface area contributed by atoms with Crippen molar-refractivity contribution in [2.45, 2.75) is 5.92 Å². The molecule has 1 aliphatic heterocycles. The molecular formula is C57H36O. The van der Waals surface area contributed by atoms with Crippen molar-refractivity contribution >= 4 is 53.9 Å². The molecule has 12 rings (SSSR count). The van der Waals surface area contributed by atoms with Gasteiger partial charge in [0.05, 0.1) is 0 Å². The summed E-state index contributed by atoms with van der Waals surface area (Å²) in [6.07, 6.45) is 0. The number of ether oxygens (including phenoxy) is 1. The van der Waals surface area contributed by atoms with E-state index in [2.05, 4.69) is 212 Å². The fourth-order valence-electron chi connectivity index (χ4n) is 9.60. The van der Waals surface area contributed by atoms with Crippen LogP contribution in [0.3, 0.4) is 0 Å². The van der Waals surface area contributed by atoms with E-state index in [-0.39, 0.29) is 5.92 Å². The molecule has 0 aromatic heterocycles. The minimum atomic E-state index is -0.0455. The second-order valence-electron chi connectivity index (χ2n) is 15.5. The van der Waals surface area contributed by atoms with E-state index in [0.29, 0.717) is 0 Å². The van der Waals surface area contributed by atoms with E-state index in [9.17, 15) is 0 Å². The van der Waals surface area contributed by atoms with Crippen LogP contribution in [0.25, 0.3) is 87.2 Å². The van der Waals surface area contributed by atoms with Crippen LogP contribution in [0.1, 0.15) is 22.6 Å². The molecule has 0 unspecified atom stereocenters. The molecule has 0 atom stereocenters. The zero-order chi connectivity index (χ0) is 38.2. The predicted octanol–water partition coefficient (Wildman–Crippen LogP) is 15.7. The highest BCUT2D eigenvalue weighted by Crippen LogP contribution is 2.57. The summed E-state index contributed by atoms with van der Waals surface area (Å²) < 4.78 is 7.26. The molecular weight excluding hydrogens is 701 g/mol. The van der Waals surface area contributed by atoms with Gasteiger partial charge in [0, 0.05) is 27.8 Å². The summed E-state index contributed by atoms with van der Waals surface area (Å²) in [5.74, 6) is 1.87. The van der Waals surface area contributed by atoms with E-state index in [1.165, 1.54) is 93.2 Å². The molecule has 0 saturated heterocycles. The van der Waals surface area contributed by atoms with Crippen molar-refractivity contribution in [2.75, 3.05) is 0 Å². The zero-order valence-corrected chi connectivity index (χ0v) is 31.7. The Hall–Kier alpha value is -7.48. The highest BCUT2D eigenvalue weighted by atomic mass is 16.5. The first-order valence-corrected chi connectivity index (χ1v) is 20.1. The number of benzene rings is 11. The average molecular weight is 737 g/mol. The standard InChI is InChI=1S/C57H36O/c1-2-12-36(13-3-1)41-30-32-44-35-42(31-33-43(44)34-41)39-24-22-37(23-25-39)38-26-28-40(29-27-38)53-54-49-18-8-4-14-45(49)47-16-6-10-20-51(47)56(54)58-57-52-21-11-7-17-48(52)46-15-5-9-19-50(46)55(53)57/h1-35,53H. The monoisotopic (exact) mass is 736 g/mol. The fraction of sp³-hybridized carbons (Fsp3) is 0.0175. The molecule has 0 spiro atoms. The van der Waals surface area contributed by atoms with Gasteiger partial charge in [-0.2, -0.15) is 0 Å². The number of fused-ring (bicyclic) bond motifs is 13. The summed E-state index contributed by atoms with van der Waals surface area (Å²) in [7, 11) is 0. The quantitative estimate of drug-likeness (QED) is 0.164. The average Bonchev–Trinajstić information content (AvgIpc) is 3.31. The normalized spacial score (nSPS) is 12.6. The topological polar surface area (TPSA) is 9.23 Å². The number of hydrogen-bond acceptors (Lipinski definition) is 1. The van der Waals surface area contributed by atoms with Crippen molar-refractivity contribution in [1.82, 2.24) is 0 Å². The molecule has 0 N–H and O–H groups in total. The maximum atomic E-state index is 7.26. The van der Waals surface area contributed by atoms with Crippen LogP contribution in [0, 0.1) is 0 Å². The Morgan fingerprint density at radius 1 is 0.259 bits per heavy atom. The molecule has 0 fully saturated rings. The Kier molecular flexibility index (Phi) is 7.36. The van der Waals surface area contributed by atoms with E-state index in [0.717, 1.165) is 22.3 Å². The van der Waals surface area contributed by atoms with Crippen molar-refractivity contribution < 1.29 is 4.74 Å². The summed E-state index contributed by atoms with van der Waals surface area (Å²) in [6.45, 7) is 0. The molecule has 1 aliphatic rings. The van der Waals surface area contributed by atoms with Crippen molar-refractivity contribution in [3.05, 3.63) is 229 Å². The second-order valence-corrected chi connectivity index (χ2v) is 15.5. The molecule has 0 amide bonds. The van der Waals surface area contributed by atoms with E-state index in [1.54, 1.807) is 0 Å². The van der Waals surface area contributed by atoms with Gasteiger partial charge in [-0.05, 0) is 94.2 Å². The minimum absolute atomic E-state index is 0.0455. The van der Waals surface area contributed by atoms with Gasteiger partial charge in [0.2, 0.25) is 0 Å². The summed E-state index contributed by atoms with van der Waals surface area (Å²) in [6, 6.07) is 77.5. The Labute approximate surface area is 337 Å². The lowest BCUT2D eigenvalue weighted by Gasteiger charge is -2.33. The first kappa shape index (κ1) is 32.7. The molecule has 0 radical (unpaired) electrons. The second kappa shape index (κ2) is 13.0. The van der Waals surface area contributed by atoms with Gasteiger partial charge in [-0.3, -0.25) is 0 Å². The van der Waals surface area contributed by atoms with Crippen LogP contribution in [-0.4, -0.2) is 0 Å². The van der Waals surface area contributed by atoms with E-state index in [4.69, 9.17) is 4.74 Å². The first-order chi connectivity index (χ1) is 28.8. The number of hydrogen-bond donors (Lipinski definition) is 0. The summed E-state index contributed by atoms with van der Waals surface area (Å²) in [4.78, 5) is 0. The van der Waals surface area contributed by atoms with Gasteiger partial charge in [0.15, 0.2) is 0 Å². The lowest BCUT2D eigenvalue weighted by atomic mass is 9.76. The lowest BCUT2D eigenvalue weighted by Crippen LogP contribution is -2.14. The van der Waals surface area contributed by atoms with Gasteiger partial charge in [0.25, 0.3) is 0 Å². The molecule has 1 nitrogen and oxygen atoms in total. The molecule has 0 aliphatic carbocycles. The van der Waals surface area contributed by atoms with Gasteiger partial charge in [-0.25, -0.2) is 0 Å². The van der Waals surface area contributed by atoms with Gasteiger partial charge in [-0.15, -0.1) is 0 Å². The third-order valence-electron chi connectivity index (χ3n) is 12.4. The Morgan fingerprint density at radius 2 is 0.586 bits per heavy atom. The van der Waals surface area contributed by atoms with Crippen LogP contribution in [0.4, 0.5) is 0 Å². The largest absolute Gasteiger partial charge is 0.455 e. The van der Waals surface area contributed by atoms with Crippen LogP contribution in [0.2, 0.25) is 0 Å². The highest BCUT2D eigenvalue weighted by Gasteiger charge is 2.35. The highest BCUT2D eigenvalue weighted by molar-refractivity contribution is 6.17. The molecule has 1 heterocycles. The van der Waals surface area contributed by atoms with Gasteiger partial charge in [-0.1, -0.05) is 200 Å². The van der Waals surface area contributed by atoms with E-state index < -0.39 is 0 Å². The summed E-state index contributed by atoms with van der Waals surface area (Å²) in [5, 5.41) is 12.2. The van der Waals surface area contributed by atoms with E-state index >= 15 is 0 Å². The third-order valence-corrected chi connectivity index (χ3v) is 12.4. The first-order valence-electron chi connectivity index (χ1n) is 20.1. The van der Waals surface area contributed by atoms with Gasteiger partial charge >= 0.3 is 0 Å².